The molecule has 2 amide bonds. The second-order valence-electron chi connectivity index (χ2n) is 7.63. The van der Waals surface area contributed by atoms with E-state index in [0.29, 0.717) is 36.9 Å². The van der Waals surface area contributed by atoms with Crippen molar-refractivity contribution in [3.8, 4) is 11.4 Å². The second-order valence-corrected chi connectivity index (χ2v) is 8.57. The van der Waals surface area contributed by atoms with Gasteiger partial charge in [-0.05, 0) is 31.9 Å². The number of benzene rings is 2. The van der Waals surface area contributed by atoms with E-state index < -0.39 is 0 Å². The van der Waals surface area contributed by atoms with E-state index in [4.69, 9.17) is 0 Å². The summed E-state index contributed by atoms with van der Waals surface area (Å²) in [4.78, 5) is 31.3. The number of hydrogen-bond donors (Lipinski definition) is 2. The fourth-order valence-electron chi connectivity index (χ4n) is 3.53. The van der Waals surface area contributed by atoms with Gasteiger partial charge in [-0.2, -0.15) is 0 Å². The number of anilines is 1. The first kappa shape index (κ1) is 21.1. The topological polar surface area (TPSA) is 91.0 Å². The van der Waals surface area contributed by atoms with E-state index in [1.807, 2.05) is 66.4 Å². The van der Waals surface area contributed by atoms with Crippen molar-refractivity contribution in [2.24, 2.45) is 5.92 Å². The lowest BCUT2D eigenvalue weighted by Crippen LogP contribution is -2.42. The molecule has 7 nitrogen and oxygen atoms in total. The van der Waals surface area contributed by atoms with Crippen LogP contribution >= 0.6 is 11.8 Å². The lowest BCUT2D eigenvalue weighted by molar-refractivity contribution is -0.132. The van der Waals surface area contributed by atoms with E-state index >= 15 is 0 Å². The molecule has 31 heavy (non-hydrogen) atoms. The number of nitrogens with zero attached hydrogens (tertiary/aromatic N) is 3. The Morgan fingerprint density at radius 1 is 1.10 bits per heavy atom. The van der Waals surface area contributed by atoms with Crippen LogP contribution in [0.15, 0.2) is 59.8 Å². The molecule has 1 fully saturated rings. The maximum atomic E-state index is 12.6. The zero-order valence-electron chi connectivity index (χ0n) is 17.4. The number of carbonyl (C=O) groups is 2. The van der Waals surface area contributed by atoms with Gasteiger partial charge in [-0.15, -0.1) is 5.10 Å². The Morgan fingerprint density at radius 2 is 1.81 bits per heavy atom. The molecule has 0 saturated carbocycles. The first-order valence-corrected chi connectivity index (χ1v) is 11.3. The summed E-state index contributed by atoms with van der Waals surface area (Å²) >= 11 is 1.33. The number of para-hydroxylation sites is 1. The largest absolute Gasteiger partial charge is 0.342 e. The molecule has 0 bridgehead atoms. The number of nitrogens with one attached hydrogen (secondary N) is 2. The molecule has 1 saturated heterocycles. The quantitative estimate of drug-likeness (QED) is 0.576. The zero-order valence-corrected chi connectivity index (χ0v) is 18.2. The number of rotatable bonds is 6. The van der Waals surface area contributed by atoms with Crippen molar-refractivity contribution in [2.75, 3.05) is 24.2 Å². The van der Waals surface area contributed by atoms with Gasteiger partial charge in [0.1, 0.15) is 0 Å². The Hall–Kier alpha value is -3.13. The lowest BCUT2D eigenvalue weighted by atomic mass is 9.96. The molecule has 8 heteroatoms. The van der Waals surface area contributed by atoms with Crippen LogP contribution in [0.2, 0.25) is 0 Å². The number of H-pyrrole nitrogens is 1. The van der Waals surface area contributed by atoms with Crippen LogP contribution in [0.4, 0.5) is 5.69 Å². The van der Waals surface area contributed by atoms with E-state index in [0.717, 1.165) is 11.3 Å². The molecule has 2 aromatic carbocycles. The highest BCUT2D eigenvalue weighted by atomic mass is 32.2. The first-order chi connectivity index (χ1) is 15.1. The van der Waals surface area contributed by atoms with Gasteiger partial charge in [0.25, 0.3) is 0 Å². The van der Waals surface area contributed by atoms with Crippen LogP contribution in [0.1, 0.15) is 18.4 Å². The van der Waals surface area contributed by atoms with Gasteiger partial charge in [-0.25, -0.2) is 4.98 Å². The molecule has 0 atom stereocenters. The summed E-state index contributed by atoms with van der Waals surface area (Å²) in [5.41, 5.74) is 2.95. The number of carbonyl (C=O) groups excluding carboxylic acids is 2. The maximum absolute atomic E-state index is 12.6. The maximum Gasteiger partial charge on any atom is 0.233 e. The van der Waals surface area contributed by atoms with Gasteiger partial charge in [-0.3, -0.25) is 14.7 Å². The Balaban J connectivity index is 1.23. The summed E-state index contributed by atoms with van der Waals surface area (Å²) < 4.78 is 0. The number of piperidine rings is 1. The van der Waals surface area contributed by atoms with Crippen molar-refractivity contribution >= 4 is 29.3 Å². The molecule has 0 unspecified atom stereocenters. The highest BCUT2D eigenvalue weighted by Crippen LogP contribution is 2.23. The Morgan fingerprint density at radius 3 is 2.52 bits per heavy atom. The van der Waals surface area contributed by atoms with Crippen LogP contribution in [0.3, 0.4) is 0 Å². The van der Waals surface area contributed by atoms with Crippen LogP contribution in [-0.2, 0) is 9.59 Å². The number of amides is 2. The standard InChI is InChI=1S/C23H25N5O2S/c1-16-7-9-17(10-8-16)21-25-23(27-26-21)31-15-20(29)28-13-11-18(12-14-28)22(30)24-19-5-3-2-4-6-19/h2-10,18H,11-15H2,1H3,(H,24,30)(H,25,26,27). The smallest absolute Gasteiger partial charge is 0.233 e. The van der Waals surface area contributed by atoms with Crippen LogP contribution in [-0.4, -0.2) is 50.7 Å². The number of thioether (sulfide) groups is 1. The van der Waals surface area contributed by atoms with E-state index in [-0.39, 0.29) is 23.5 Å². The molecule has 0 aliphatic carbocycles. The average molecular weight is 436 g/mol. The Labute approximate surface area is 185 Å². The molecule has 0 spiro atoms. The van der Waals surface area contributed by atoms with Crippen LogP contribution < -0.4 is 5.32 Å². The van der Waals surface area contributed by atoms with Crippen molar-refractivity contribution in [3.63, 3.8) is 0 Å². The molecule has 2 N–H and O–H groups in total. The first-order valence-electron chi connectivity index (χ1n) is 10.3. The molecule has 2 heterocycles. The van der Waals surface area contributed by atoms with Crippen molar-refractivity contribution < 1.29 is 9.59 Å². The fourth-order valence-corrected chi connectivity index (χ4v) is 4.23. The molecule has 160 valence electrons. The summed E-state index contributed by atoms with van der Waals surface area (Å²) in [5, 5.41) is 10.7. The predicted octanol–water partition coefficient (Wildman–Crippen LogP) is 3.75. The minimum Gasteiger partial charge on any atom is -0.342 e. The summed E-state index contributed by atoms with van der Waals surface area (Å²) in [7, 11) is 0. The number of likely N-dealkylation sites (tertiary alicyclic amines) is 1. The van der Waals surface area contributed by atoms with Crippen LogP contribution in [0.25, 0.3) is 11.4 Å². The summed E-state index contributed by atoms with van der Waals surface area (Å²) in [6.07, 6.45) is 1.35. The molecular formula is C23H25N5O2S. The highest BCUT2D eigenvalue weighted by molar-refractivity contribution is 7.99. The van der Waals surface area contributed by atoms with E-state index in [2.05, 4.69) is 20.5 Å². The molecule has 3 aromatic rings. The third kappa shape index (κ3) is 5.52. The number of aromatic amines is 1. The zero-order chi connectivity index (χ0) is 21.6. The average Bonchev–Trinajstić information content (AvgIpc) is 3.28. The van der Waals surface area contributed by atoms with Gasteiger partial charge in [0.15, 0.2) is 5.82 Å². The normalized spacial score (nSPS) is 14.4. The van der Waals surface area contributed by atoms with Gasteiger partial charge >= 0.3 is 0 Å². The summed E-state index contributed by atoms with van der Waals surface area (Å²) in [6, 6.07) is 17.5. The van der Waals surface area contributed by atoms with Crippen molar-refractivity contribution in [2.45, 2.75) is 24.9 Å². The Kier molecular flexibility index (Phi) is 6.66. The minimum absolute atomic E-state index is 0.0250. The Bertz CT molecular complexity index is 1030. The molecule has 1 aromatic heterocycles. The molecular weight excluding hydrogens is 410 g/mol. The number of aromatic nitrogens is 3. The van der Waals surface area contributed by atoms with Crippen LogP contribution in [0, 0.1) is 12.8 Å². The molecule has 0 radical (unpaired) electrons. The lowest BCUT2D eigenvalue weighted by Gasteiger charge is -2.31. The van der Waals surface area contributed by atoms with E-state index in [1.54, 1.807) is 0 Å². The van der Waals surface area contributed by atoms with E-state index in [9.17, 15) is 9.59 Å². The van der Waals surface area contributed by atoms with Crippen molar-refractivity contribution in [3.05, 3.63) is 60.2 Å². The van der Waals surface area contributed by atoms with E-state index in [1.165, 1.54) is 17.3 Å². The third-order valence-corrected chi connectivity index (χ3v) is 6.21. The number of hydrogen-bond acceptors (Lipinski definition) is 5. The second kappa shape index (κ2) is 9.78. The van der Waals surface area contributed by atoms with Crippen molar-refractivity contribution in [1.29, 1.82) is 0 Å². The highest BCUT2D eigenvalue weighted by Gasteiger charge is 2.27. The fraction of sp³-hybridized carbons (Fsp3) is 0.304. The SMILES string of the molecule is Cc1ccc(-c2nc(SCC(=O)N3CCC(C(=O)Nc4ccccc4)CC3)n[nH]2)cc1. The minimum atomic E-state index is -0.0676. The summed E-state index contributed by atoms with van der Waals surface area (Å²) in [6.45, 7) is 3.22. The molecule has 1 aliphatic heterocycles. The van der Waals surface area contributed by atoms with Gasteiger partial charge in [0.05, 0.1) is 5.75 Å². The van der Waals surface area contributed by atoms with Gasteiger partial charge < -0.3 is 10.2 Å². The third-order valence-electron chi connectivity index (χ3n) is 5.37. The number of aryl methyl sites for hydroxylation is 1. The monoisotopic (exact) mass is 435 g/mol. The van der Waals surface area contributed by atoms with Gasteiger partial charge in [-0.1, -0.05) is 59.8 Å². The van der Waals surface area contributed by atoms with Gasteiger partial charge in [0, 0.05) is 30.3 Å². The van der Waals surface area contributed by atoms with Crippen LogP contribution in [0.5, 0.6) is 0 Å². The molecule has 1 aliphatic rings. The summed E-state index contributed by atoms with van der Waals surface area (Å²) in [5.74, 6) is 0.985. The molecule has 4 rings (SSSR count). The van der Waals surface area contributed by atoms with Crippen molar-refractivity contribution in [1.82, 2.24) is 20.1 Å². The predicted molar refractivity (Wildman–Crippen MR) is 122 cm³/mol. The van der Waals surface area contributed by atoms with Gasteiger partial charge in [0.2, 0.25) is 17.0 Å².